The Hall–Kier alpha value is -2.97. The van der Waals surface area contributed by atoms with Gasteiger partial charge in [-0.15, -0.1) is 0 Å². The minimum atomic E-state index is -0.359. The third-order valence-electron chi connectivity index (χ3n) is 3.10. The van der Waals surface area contributed by atoms with Gasteiger partial charge in [0.2, 0.25) is 5.91 Å². The molecule has 0 spiro atoms. The number of nitrogens with one attached hydrogen (secondary N) is 4. The van der Waals surface area contributed by atoms with Gasteiger partial charge in [0.1, 0.15) is 5.75 Å². The molecular formula is C18H18N4O2S2. The molecule has 0 fully saturated rings. The number of hydrogen-bond acceptors (Lipinski definition) is 4. The molecule has 2 aromatic rings. The normalized spacial score (nSPS) is 10.0. The van der Waals surface area contributed by atoms with Crippen molar-refractivity contribution in [1.29, 1.82) is 0 Å². The van der Waals surface area contributed by atoms with E-state index in [1.807, 2.05) is 54.6 Å². The van der Waals surface area contributed by atoms with Crippen LogP contribution in [0.15, 0.2) is 60.7 Å². The highest BCUT2D eigenvalue weighted by Gasteiger charge is 2.02. The molecule has 0 aromatic heterocycles. The number of para-hydroxylation sites is 1. The molecule has 0 radical (unpaired) electrons. The first kappa shape index (κ1) is 19.4. The smallest absolute Gasteiger partial charge is 0.250 e. The van der Waals surface area contributed by atoms with E-state index in [9.17, 15) is 4.79 Å². The molecule has 2 aromatic carbocycles. The third kappa shape index (κ3) is 6.88. The van der Waals surface area contributed by atoms with Crippen LogP contribution in [0.3, 0.4) is 0 Å². The maximum absolute atomic E-state index is 11.9. The van der Waals surface area contributed by atoms with Crippen LogP contribution in [0.2, 0.25) is 0 Å². The predicted molar refractivity (Wildman–Crippen MR) is 112 cm³/mol. The summed E-state index contributed by atoms with van der Waals surface area (Å²) < 4.78 is 5.08. The third-order valence-corrected chi connectivity index (χ3v) is 3.51. The molecule has 2 rings (SSSR count). The number of ether oxygens (including phenoxy) is 1. The Balaban J connectivity index is 1.73. The minimum absolute atomic E-state index is 0.103. The lowest BCUT2D eigenvalue weighted by molar-refractivity contribution is -0.115. The van der Waals surface area contributed by atoms with Crippen LogP contribution in [0.1, 0.15) is 5.56 Å². The lowest BCUT2D eigenvalue weighted by Crippen LogP contribution is -2.49. The molecule has 0 bridgehead atoms. The highest BCUT2D eigenvalue weighted by Crippen LogP contribution is 2.12. The van der Waals surface area contributed by atoms with Gasteiger partial charge >= 0.3 is 0 Å². The predicted octanol–water partition coefficient (Wildman–Crippen LogP) is 2.60. The summed E-state index contributed by atoms with van der Waals surface area (Å²) in [7, 11) is 1.60. The van der Waals surface area contributed by atoms with E-state index >= 15 is 0 Å². The van der Waals surface area contributed by atoms with Crippen molar-refractivity contribution in [3.63, 3.8) is 0 Å². The second kappa shape index (κ2) is 10.1. The standard InChI is InChI=1S/C18H18N4O2S2/c1-24-15-10-7-13(8-11-15)9-12-16(23)20-18(26)22-21-17(25)19-14-5-3-2-4-6-14/h2-12H,1H3,(H2,19,21,25)(H2,20,22,23,26). The van der Waals surface area contributed by atoms with Crippen molar-refractivity contribution in [2.45, 2.75) is 0 Å². The summed E-state index contributed by atoms with van der Waals surface area (Å²) in [5.74, 6) is 0.394. The summed E-state index contributed by atoms with van der Waals surface area (Å²) in [5.41, 5.74) is 7.05. The number of amides is 1. The average Bonchev–Trinajstić information content (AvgIpc) is 2.66. The number of hydrazine groups is 1. The topological polar surface area (TPSA) is 74.4 Å². The summed E-state index contributed by atoms with van der Waals surface area (Å²) >= 11 is 10.2. The van der Waals surface area contributed by atoms with E-state index in [0.717, 1.165) is 17.0 Å². The van der Waals surface area contributed by atoms with Crippen LogP contribution >= 0.6 is 24.4 Å². The van der Waals surface area contributed by atoms with Crippen molar-refractivity contribution in [1.82, 2.24) is 16.2 Å². The van der Waals surface area contributed by atoms with Crippen LogP contribution in [0.25, 0.3) is 6.08 Å². The van der Waals surface area contributed by atoms with Crippen LogP contribution in [0.5, 0.6) is 5.75 Å². The number of methoxy groups -OCH3 is 1. The fourth-order valence-corrected chi connectivity index (χ4v) is 2.19. The summed E-state index contributed by atoms with van der Waals surface area (Å²) in [4.78, 5) is 11.9. The maximum Gasteiger partial charge on any atom is 0.250 e. The Kier molecular flexibility index (Phi) is 7.53. The van der Waals surface area contributed by atoms with Gasteiger partial charge in [0.25, 0.3) is 0 Å². The molecule has 4 N–H and O–H groups in total. The molecule has 26 heavy (non-hydrogen) atoms. The quantitative estimate of drug-likeness (QED) is 0.366. The summed E-state index contributed by atoms with van der Waals surface area (Å²) in [5, 5.41) is 5.90. The molecule has 0 atom stereocenters. The van der Waals surface area contributed by atoms with Crippen LogP contribution in [0, 0.1) is 0 Å². The molecule has 0 unspecified atom stereocenters. The van der Waals surface area contributed by atoms with Gasteiger partial charge in [-0.25, -0.2) is 0 Å². The minimum Gasteiger partial charge on any atom is -0.497 e. The van der Waals surface area contributed by atoms with Gasteiger partial charge in [-0.3, -0.25) is 21.0 Å². The zero-order chi connectivity index (χ0) is 18.8. The molecule has 0 saturated carbocycles. The van der Waals surface area contributed by atoms with Gasteiger partial charge < -0.3 is 10.1 Å². The molecule has 0 aliphatic rings. The first-order valence-corrected chi connectivity index (χ1v) is 8.43. The monoisotopic (exact) mass is 386 g/mol. The van der Waals surface area contributed by atoms with E-state index in [2.05, 4.69) is 21.5 Å². The van der Waals surface area contributed by atoms with Gasteiger partial charge in [0.05, 0.1) is 7.11 Å². The van der Waals surface area contributed by atoms with Crippen molar-refractivity contribution < 1.29 is 9.53 Å². The summed E-state index contributed by atoms with van der Waals surface area (Å²) in [6.07, 6.45) is 3.06. The highest BCUT2D eigenvalue weighted by atomic mass is 32.1. The van der Waals surface area contributed by atoms with Gasteiger partial charge in [-0.2, -0.15) is 0 Å². The van der Waals surface area contributed by atoms with Crippen molar-refractivity contribution in [2.24, 2.45) is 0 Å². The van der Waals surface area contributed by atoms with E-state index in [4.69, 9.17) is 29.2 Å². The van der Waals surface area contributed by atoms with E-state index in [1.165, 1.54) is 6.08 Å². The maximum atomic E-state index is 11.9. The van der Waals surface area contributed by atoms with Crippen LogP contribution < -0.4 is 26.2 Å². The number of rotatable bonds is 4. The molecule has 134 valence electrons. The Morgan fingerprint density at radius 3 is 2.27 bits per heavy atom. The van der Waals surface area contributed by atoms with Crippen molar-refractivity contribution in [3.05, 3.63) is 66.2 Å². The van der Waals surface area contributed by atoms with Crippen LogP contribution in [-0.2, 0) is 4.79 Å². The molecule has 8 heteroatoms. The fourth-order valence-electron chi connectivity index (χ4n) is 1.87. The Labute approximate surface area is 162 Å². The van der Waals surface area contributed by atoms with E-state index in [-0.39, 0.29) is 11.0 Å². The summed E-state index contributed by atoms with van der Waals surface area (Å²) in [6, 6.07) is 16.7. The van der Waals surface area contributed by atoms with Crippen LogP contribution in [0.4, 0.5) is 5.69 Å². The lowest BCUT2D eigenvalue weighted by atomic mass is 10.2. The second-order valence-electron chi connectivity index (χ2n) is 5.00. The second-order valence-corrected chi connectivity index (χ2v) is 5.81. The molecule has 0 aliphatic heterocycles. The van der Waals surface area contributed by atoms with E-state index in [0.29, 0.717) is 5.11 Å². The van der Waals surface area contributed by atoms with Gasteiger partial charge in [-0.1, -0.05) is 30.3 Å². The summed E-state index contributed by atoms with van der Waals surface area (Å²) in [6.45, 7) is 0. The van der Waals surface area contributed by atoms with Crippen molar-refractivity contribution >= 4 is 52.3 Å². The van der Waals surface area contributed by atoms with E-state index < -0.39 is 0 Å². The van der Waals surface area contributed by atoms with Gasteiger partial charge in [0, 0.05) is 11.8 Å². The van der Waals surface area contributed by atoms with Crippen molar-refractivity contribution in [2.75, 3.05) is 12.4 Å². The first-order chi connectivity index (χ1) is 12.6. The molecule has 6 nitrogen and oxygen atoms in total. The molecule has 1 amide bonds. The number of anilines is 1. The van der Waals surface area contributed by atoms with E-state index in [1.54, 1.807) is 13.2 Å². The zero-order valence-electron chi connectivity index (χ0n) is 14.0. The highest BCUT2D eigenvalue weighted by molar-refractivity contribution is 7.80. The number of benzene rings is 2. The number of carbonyl (C=O) groups excluding carboxylic acids is 1. The number of thiocarbonyl (C=S) groups is 2. The average molecular weight is 387 g/mol. The first-order valence-electron chi connectivity index (χ1n) is 7.62. The number of hydrogen-bond donors (Lipinski definition) is 4. The van der Waals surface area contributed by atoms with Gasteiger partial charge in [-0.05, 0) is 60.3 Å². The zero-order valence-corrected chi connectivity index (χ0v) is 15.6. The largest absolute Gasteiger partial charge is 0.497 e. The molecule has 0 heterocycles. The molecule has 0 aliphatic carbocycles. The Morgan fingerprint density at radius 1 is 0.962 bits per heavy atom. The lowest BCUT2D eigenvalue weighted by Gasteiger charge is -2.13. The van der Waals surface area contributed by atoms with Crippen molar-refractivity contribution in [3.8, 4) is 5.75 Å². The molecular weight excluding hydrogens is 368 g/mol. The van der Waals surface area contributed by atoms with Gasteiger partial charge in [0.15, 0.2) is 10.2 Å². The van der Waals surface area contributed by atoms with Crippen LogP contribution in [-0.4, -0.2) is 23.2 Å². The molecule has 0 saturated heterocycles. The number of carbonyl (C=O) groups is 1. The Bertz CT molecular complexity index is 793. The Morgan fingerprint density at radius 2 is 1.62 bits per heavy atom. The fraction of sp³-hybridized carbons (Fsp3) is 0.0556. The SMILES string of the molecule is COc1ccc(C=CC(=O)NC(=S)NNC(=S)Nc2ccccc2)cc1.